The van der Waals surface area contributed by atoms with E-state index in [9.17, 15) is 4.79 Å². The first-order chi connectivity index (χ1) is 7.50. The maximum Gasteiger partial charge on any atom is 0.317 e. The van der Waals surface area contributed by atoms with Gasteiger partial charge in [0.15, 0.2) is 0 Å². The lowest BCUT2D eigenvalue weighted by Crippen LogP contribution is -2.35. The maximum absolute atomic E-state index is 10.8. The lowest BCUT2D eigenvalue weighted by atomic mass is 10.1. The summed E-state index contributed by atoms with van der Waals surface area (Å²) in [5.74, 6) is -0.289. The molecule has 1 N–H and O–H groups in total. The van der Waals surface area contributed by atoms with E-state index >= 15 is 0 Å². The summed E-state index contributed by atoms with van der Waals surface area (Å²) < 4.78 is 0. The number of hydrogen-bond donors (Lipinski definition) is 1. The third kappa shape index (κ3) is 3.94. The van der Waals surface area contributed by atoms with Crippen LogP contribution in [0.25, 0.3) is 0 Å². The van der Waals surface area contributed by atoms with E-state index in [1.165, 1.54) is 5.56 Å². The predicted molar refractivity (Wildman–Crippen MR) is 66.8 cm³/mol. The molecule has 0 fully saturated rings. The quantitative estimate of drug-likeness (QED) is 0.832. The number of carboxylic acids is 1. The third-order valence-electron chi connectivity index (χ3n) is 2.51. The normalized spacial score (nSPS) is 13.3. The number of hydrogen-bond acceptors (Lipinski definition) is 3. The van der Waals surface area contributed by atoms with Crippen LogP contribution in [0.2, 0.25) is 0 Å². The van der Waals surface area contributed by atoms with Crippen molar-refractivity contribution in [3.63, 3.8) is 0 Å². The number of rotatable bonds is 6. The molecular formula is C12H19NO2S. The lowest BCUT2D eigenvalue weighted by Gasteiger charge is -2.28. The molecule has 1 heterocycles. The summed E-state index contributed by atoms with van der Waals surface area (Å²) in [7, 11) is 0. The van der Waals surface area contributed by atoms with Crippen LogP contribution in [0.15, 0.2) is 16.8 Å². The van der Waals surface area contributed by atoms with E-state index in [0.29, 0.717) is 5.92 Å². The molecule has 0 aromatic carbocycles. The zero-order valence-corrected chi connectivity index (χ0v) is 10.8. The van der Waals surface area contributed by atoms with Crippen molar-refractivity contribution in [2.75, 3.05) is 13.1 Å². The number of aliphatic carboxylic acids is 1. The van der Waals surface area contributed by atoms with Gasteiger partial charge < -0.3 is 5.11 Å². The highest BCUT2D eigenvalue weighted by Gasteiger charge is 2.19. The van der Waals surface area contributed by atoms with E-state index in [2.05, 4.69) is 32.2 Å². The summed E-state index contributed by atoms with van der Waals surface area (Å²) in [5.41, 5.74) is 1.20. The van der Waals surface area contributed by atoms with Gasteiger partial charge in [0.1, 0.15) is 0 Å². The Labute approximate surface area is 101 Å². The molecule has 4 heteroatoms. The molecule has 1 rings (SSSR count). The van der Waals surface area contributed by atoms with Crippen molar-refractivity contribution in [3.8, 4) is 0 Å². The van der Waals surface area contributed by atoms with Gasteiger partial charge in [-0.3, -0.25) is 9.69 Å². The van der Waals surface area contributed by atoms with Crippen molar-refractivity contribution >= 4 is 17.3 Å². The van der Waals surface area contributed by atoms with Gasteiger partial charge in [0, 0.05) is 12.6 Å². The Bertz CT molecular complexity index is 322. The van der Waals surface area contributed by atoms with Crippen LogP contribution in [0.4, 0.5) is 0 Å². The fourth-order valence-corrected chi connectivity index (χ4v) is 2.47. The number of nitrogens with zero attached hydrogens (tertiary/aromatic N) is 1. The minimum absolute atomic E-state index is 0.106. The van der Waals surface area contributed by atoms with Crippen molar-refractivity contribution in [3.05, 3.63) is 22.4 Å². The molecule has 16 heavy (non-hydrogen) atoms. The van der Waals surface area contributed by atoms with Crippen LogP contribution in [0.3, 0.4) is 0 Å². The summed E-state index contributed by atoms with van der Waals surface area (Å²) in [6.45, 7) is 7.19. The standard InChI is InChI=1S/C12H19NO2S/c1-9(2)6-13(7-12(14)15)10(3)11-4-5-16-8-11/h4-5,8-10H,6-7H2,1-3H3,(H,14,15). The van der Waals surface area contributed by atoms with Gasteiger partial charge in [0.25, 0.3) is 0 Å². The minimum atomic E-state index is -0.761. The zero-order chi connectivity index (χ0) is 12.1. The fourth-order valence-electron chi connectivity index (χ4n) is 1.73. The molecule has 0 radical (unpaired) electrons. The molecule has 0 saturated heterocycles. The number of carboxylic acid groups (broad SMARTS) is 1. The second-order valence-corrected chi connectivity index (χ2v) is 5.23. The SMILES string of the molecule is CC(C)CN(CC(=O)O)C(C)c1ccsc1. The Hall–Kier alpha value is -0.870. The highest BCUT2D eigenvalue weighted by atomic mass is 32.1. The van der Waals surface area contributed by atoms with Crippen molar-refractivity contribution in [2.45, 2.75) is 26.8 Å². The molecule has 1 aromatic heterocycles. The summed E-state index contributed by atoms with van der Waals surface area (Å²) in [6, 6.07) is 2.23. The molecule has 0 spiro atoms. The van der Waals surface area contributed by atoms with Gasteiger partial charge in [-0.05, 0) is 35.2 Å². The topological polar surface area (TPSA) is 40.5 Å². The first kappa shape index (κ1) is 13.2. The van der Waals surface area contributed by atoms with Crippen LogP contribution in [-0.2, 0) is 4.79 Å². The van der Waals surface area contributed by atoms with Crippen molar-refractivity contribution in [2.24, 2.45) is 5.92 Å². The van der Waals surface area contributed by atoms with E-state index < -0.39 is 5.97 Å². The highest BCUT2D eigenvalue weighted by Crippen LogP contribution is 2.23. The highest BCUT2D eigenvalue weighted by molar-refractivity contribution is 7.07. The monoisotopic (exact) mass is 241 g/mol. The predicted octanol–water partition coefficient (Wildman–Crippen LogP) is 2.85. The van der Waals surface area contributed by atoms with Gasteiger partial charge in [-0.1, -0.05) is 13.8 Å². The first-order valence-corrected chi connectivity index (χ1v) is 6.43. The Morgan fingerprint density at radius 1 is 1.50 bits per heavy atom. The van der Waals surface area contributed by atoms with E-state index in [-0.39, 0.29) is 12.6 Å². The second kappa shape index (κ2) is 6.01. The molecule has 1 aromatic rings. The first-order valence-electron chi connectivity index (χ1n) is 5.48. The van der Waals surface area contributed by atoms with Gasteiger partial charge in [-0.2, -0.15) is 11.3 Å². The molecule has 1 atom stereocenters. The Kier molecular flexibility index (Phi) is 4.96. The second-order valence-electron chi connectivity index (χ2n) is 4.45. The van der Waals surface area contributed by atoms with Crippen LogP contribution in [-0.4, -0.2) is 29.1 Å². The fraction of sp³-hybridized carbons (Fsp3) is 0.583. The van der Waals surface area contributed by atoms with E-state index in [4.69, 9.17) is 5.11 Å². The summed E-state index contributed by atoms with van der Waals surface area (Å²) in [4.78, 5) is 12.8. The maximum atomic E-state index is 10.8. The molecule has 0 bridgehead atoms. The van der Waals surface area contributed by atoms with Crippen LogP contribution in [0.5, 0.6) is 0 Å². The van der Waals surface area contributed by atoms with E-state index in [1.807, 2.05) is 10.3 Å². The van der Waals surface area contributed by atoms with Crippen molar-refractivity contribution in [1.82, 2.24) is 4.90 Å². The number of thiophene rings is 1. The average Bonchev–Trinajstić information content (AvgIpc) is 2.66. The zero-order valence-electron chi connectivity index (χ0n) is 10.0. The summed E-state index contributed by atoms with van der Waals surface area (Å²) >= 11 is 1.65. The summed E-state index contributed by atoms with van der Waals surface area (Å²) in [6.07, 6.45) is 0. The molecule has 3 nitrogen and oxygen atoms in total. The lowest BCUT2D eigenvalue weighted by molar-refractivity contribution is -0.139. The molecular weight excluding hydrogens is 222 g/mol. The minimum Gasteiger partial charge on any atom is -0.480 e. The number of carbonyl (C=O) groups is 1. The molecule has 0 amide bonds. The molecule has 90 valence electrons. The third-order valence-corrected chi connectivity index (χ3v) is 3.21. The van der Waals surface area contributed by atoms with Crippen LogP contribution in [0.1, 0.15) is 32.4 Å². The van der Waals surface area contributed by atoms with E-state index in [1.54, 1.807) is 11.3 Å². The Morgan fingerprint density at radius 2 is 2.19 bits per heavy atom. The molecule has 0 aliphatic heterocycles. The smallest absolute Gasteiger partial charge is 0.317 e. The Balaban J connectivity index is 2.71. The van der Waals surface area contributed by atoms with Crippen molar-refractivity contribution in [1.29, 1.82) is 0 Å². The van der Waals surface area contributed by atoms with Crippen LogP contribution in [0, 0.1) is 5.92 Å². The van der Waals surface area contributed by atoms with Crippen molar-refractivity contribution < 1.29 is 9.90 Å². The molecule has 1 unspecified atom stereocenters. The Morgan fingerprint density at radius 3 is 2.62 bits per heavy atom. The van der Waals surface area contributed by atoms with Crippen LogP contribution < -0.4 is 0 Å². The van der Waals surface area contributed by atoms with Gasteiger partial charge in [0.2, 0.25) is 0 Å². The average molecular weight is 241 g/mol. The molecule has 0 aliphatic carbocycles. The summed E-state index contributed by atoms with van der Waals surface area (Å²) in [5, 5.41) is 13.0. The van der Waals surface area contributed by atoms with Gasteiger partial charge in [0.05, 0.1) is 6.54 Å². The van der Waals surface area contributed by atoms with Crippen LogP contribution >= 0.6 is 11.3 Å². The molecule has 0 aliphatic rings. The van der Waals surface area contributed by atoms with Gasteiger partial charge in [-0.15, -0.1) is 0 Å². The molecule has 0 saturated carbocycles. The van der Waals surface area contributed by atoms with Gasteiger partial charge >= 0.3 is 5.97 Å². The van der Waals surface area contributed by atoms with E-state index in [0.717, 1.165) is 6.54 Å². The van der Waals surface area contributed by atoms with Gasteiger partial charge in [-0.25, -0.2) is 0 Å². The largest absolute Gasteiger partial charge is 0.480 e.